The third-order valence-corrected chi connectivity index (χ3v) is 6.87. The van der Waals surface area contributed by atoms with Crippen LogP contribution >= 0.6 is 11.3 Å². The Bertz CT molecular complexity index is 1110. The molecule has 0 bridgehead atoms. The summed E-state index contributed by atoms with van der Waals surface area (Å²) < 4.78 is 18.9. The molecule has 3 aromatic rings. The maximum absolute atomic E-state index is 13.1. The van der Waals surface area contributed by atoms with Crippen LogP contribution in [0.4, 0.5) is 0 Å². The van der Waals surface area contributed by atoms with Gasteiger partial charge in [0.2, 0.25) is 5.91 Å². The van der Waals surface area contributed by atoms with E-state index in [1.165, 1.54) is 0 Å². The Hall–Kier alpha value is -2.58. The second-order valence-electron chi connectivity index (χ2n) is 9.46. The molecular formula is C25H33N3O4S. The lowest BCUT2D eigenvalue weighted by atomic mass is 9.94. The number of hydrogen-bond donors (Lipinski definition) is 0. The minimum Gasteiger partial charge on any atom is -0.497 e. The molecule has 1 aromatic carbocycles. The van der Waals surface area contributed by atoms with Crippen molar-refractivity contribution in [1.29, 1.82) is 0 Å². The number of carbonyl (C=O) groups excluding carboxylic acids is 1. The number of carbonyl (C=O) groups is 1. The summed E-state index contributed by atoms with van der Waals surface area (Å²) in [4.78, 5) is 20.8. The second-order valence-corrected chi connectivity index (χ2v) is 10.3. The molecule has 1 aliphatic rings. The van der Waals surface area contributed by atoms with Crippen molar-refractivity contribution >= 4 is 22.2 Å². The number of thiazole rings is 1. The van der Waals surface area contributed by atoms with Crippen molar-refractivity contribution in [3.05, 3.63) is 35.5 Å². The smallest absolute Gasteiger partial charge is 0.228 e. The highest BCUT2D eigenvalue weighted by Crippen LogP contribution is 2.34. The van der Waals surface area contributed by atoms with Crippen LogP contribution < -0.4 is 9.47 Å². The number of benzene rings is 1. The minimum atomic E-state index is -0.423. The Morgan fingerprint density at radius 3 is 2.79 bits per heavy atom. The molecule has 33 heavy (non-hydrogen) atoms. The van der Waals surface area contributed by atoms with E-state index in [1.807, 2.05) is 50.1 Å². The monoisotopic (exact) mass is 471 g/mol. The number of amides is 1. The number of hydrogen-bond acceptors (Lipinski definition) is 6. The summed E-state index contributed by atoms with van der Waals surface area (Å²) in [6.45, 7) is 8.02. The van der Waals surface area contributed by atoms with Gasteiger partial charge in [-0.3, -0.25) is 9.20 Å². The van der Waals surface area contributed by atoms with E-state index in [2.05, 4.69) is 9.78 Å². The molecule has 0 N–H and O–H groups in total. The zero-order chi connectivity index (χ0) is 23.6. The first-order chi connectivity index (χ1) is 15.8. The molecule has 1 fully saturated rings. The number of fused-ring (bicyclic) bond motifs is 1. The van der Waals surface area contributed by atoms with Gasteiger partial charge in [-0.1, -0.05) is 20.8 Å². The normalized spacial score (nSPS) is 16.3. The molecule has 1 amide bonds. The van der Waals surface area contributed by atoms with Crippen LogP contribution in [0.25, 0.3) is 16.2 Å². The highest BCUT2D eigenvalue weighted by molar-refractivity contribution is 7.15. The zero-order valence-corrected chi connectivity index (χ0v) is 20.9. The van der Waals surface area contributed by atoms with Gasteiger partial charge >= 0.3 is 0 Å². The Morgan fingerprint density at radius 2 is 2.12 bits per heavy atom. The van der Waals surface area contributed by atoms with Gasteiger partial charge in [-0.05, 0) is 31.0 Å². The molecule has 8 heteroatoms. The molecule has 1 aliphatic heterocycles. The Labute approximate surface area is 199 Å². The van der Waals surface area contributed by atoms with Gasteiger partial charge in [0.25, 0.3) is 0 Å². The van der Waals surface area contributed by atoms with Crippen LogP contribution in [0.15, 0.2) is 29.8 Å². The summed E-state index contributed by atoms with van der Waals surface area (Å²) >= 11 is 1.60. The van der Waals surface area contributed by atoms with E-state index in [0.29, 0.717) is 13.1 Å². The predicted octanol–water partition coefficient (Wildman–Crippen LogP) is 4.68. The summed E-state index contributed by atoms with van der Waals surface area (Å²) in [7, 11) is 3.31. The fraction of sp³-hybridized carbons (Fsp3) is 0.520. The minimum absolute atomic E-state index is 0.138. The van der Waals surface area contributed by atoms with E-state index in [9.17, 15) is 4.79 Å². The number of imidazole rings is 1. The van der Waals surface area contributed by atoms with Crippen molar-refractivity contribution in [2.24, 2.45) is 5.41 Å². The van der Waals surface area contributed by atoms with Gasteiger partial charge in [-0.25, -0.2) is 4.98 Å². The highest BCUT2D eigenvalue weighted by atomic mass is 32.1. The first-order valence-electron chi connectivity index (χ1n) is 11.4. The fourth-order valence-corrected chi connectivity index (χ4v) is 5.09. The summed E-state index contributed by atoms with van der Waals surface area (Å²) in [6.07, 6.45) is 5.01. The molecule has 7 nitrogen and oxygen atoms in total. The molecular weight excluding hydrogens is 438 g/mol. The topological polar surface area (TPSA) is 65.3 Å². The Morgan fingerprint density at radius 1 is 1.30 bits per heavy atom. The molecule has 0 saturated carbocycles. The lowest BCUT2D eigenvalue weighted by molar-refractivity contribution is -0.141. The van der Waals surface area contributed by atoms with Crippen LogP contribution in [0.5, 0.6) is 11.5 Å². The molecule has 1 atom stereocenters. The summed E-state index contributed by atoms with van der Waals surface area (Å²) in [5.41, 5.74) is 2.44. The third-order valence-electron chi connectivity index (χ3n) is 5.98. The highest BCUT2D eigenvalue weighted by Gasteiger charge is 2.30. The van der Waals surface area contributed by atoms with Crippen LogP contribution in [-0.4, -0.2) is 60.2 Å². The summed E-state index contributed by atoms with van der Waals surface area (Å²) in [5, 5.41) is 2.13. The lowest BCUT2D eigenvalue weighted by Crippen LogP contribution is -2.44. The van der Waals surface area contributed by atoms with Crippen molar-refractivity contribution in [2.75, 3.05) is 33.9 Å². The van der Waals surface area contributed by atoms with Gasteiger partial charge in [-0.15, -0.1) is 11.3 Å². The van der Waals surface area contributed by atoms with Gasteiger partial charge in [-0.2, -0.15) is 0 Å². The van der Waals surface area contributed by atoms with Gasteiger partial charge < -0.3 is 19.1 Å². The lowest BCUT2D eigenvalue weighted by Gasteiger charge is -2.31. The SMILES string of the molecule is COc1ccc(OC)c(-c2cn3c(CCN(CC4CCCO4)C(=O)C(C)(C)C)csc3n2)c1. The average molecular weight is 472 g/mol. The molecule has 0 spiro atoms. The summed E-state index contributed by atoms with van der Waals surface area (Å²) in [5.74, 6) is 1.67. The van der Waals surface area contributed by atoms with Crippen molar-refractivity contribution in [3.8, 4) is 22.8 Å². The molecule has 4 rings (SSSR count). The molecule has 0 radical (unpaired) electrons. The van der Waals surface area contributed by atoms with Crippen molar-refractivity contribution in [2.45, 2.75) is 46.1 Å². The standard InChI is InChI=1S/C25H33N3O4S/c1-25(2,3)23(29)27(14-19-7-6-12-32-19)11-10-17-16-33-24-26-21(15-28(17)24)20-13-18(30-4)8-9-22(20)31-5/h8-9,13,15-16,19H,6-7,10-12,14H2,1-5H3. The van der Waals surface area contributed by atoms with Crippen LogP contribution in [0.2, 0.25) is 0 Å². The van der Waals surface area contributed by atoms with Gasteiger partial charge in [0.15, 0.2) is 4.96 Å². The average Bonchev–Trinajstić information content (AvgIpc) is 3.53. The van der Waals surface area contributed by atoms with E-state index in [4.69, 9.17) is 19.2 Å². The van der Waals surface area contributed by atoms with E-state index >= 15 is 0 Å². The van der Waals surface area contributed by atoms with E-state index in [0.717, 1.165) is 59.3 Å². The maximum atomic E-state index is 13.1. The van der Waals surface area contributed by atoms with Crippen molar-refractivity contribution in [1.82, 2.24) is 14.3 Å². The second kappa shape index (κ2) is 9.73. The molecule has 1 saturated heterocycles. The number of nitrogens with zero attached hydrogens (tertiary/aromatic N) is 3. The van der Waals surface area contributed by atoms with Gasteiger partial charge in [0, 0.05) is 54.4 Å². The molecule has 178 valence electrons. The van der Waals surface area contributed by atoms with Crippen LogP contribution in [0.1, 0.15) is 39.3 Å². The maximum Gasteiger partial charge on any atom is 0.228 e. The van der Waals surface area contributed by atoms with Gasteiger partial charge in [0.1, 0.15) is 11.5 Å². The van der Waals surface area contributed by atoms with Crippen LogP contribution in [0.3, 0.4) is 0 Å². The number of methoxy groups -OCH3 is 2. The summed E-state index contributed by atoms with van der Waals surface area (Å²) in [6, 6.07) is 5.71. The Kier molecular flexibility index (Phi) is 6.95. The molecule has 3 heterocycles. The van der Waals surface area contributed by atoms with Crippen molar-refractivity contribution < 1.29 is 19.0 Å². The van der Waals surface area contributed by atoms with E-state index < -0.39 is 5.41 Å². The predicted molar refractivity (Wildman–Crippen MR) is 130 cm³/mol. The number of rotatable bonds is 8. The zero-order valence-electron chi connectivity index (χ0n) is 20.1. The molecule has 2 aromatic heterocycles. The fourth-order valence-electron chi connectivity index (χ4n) is 4.19. The molecule has 1 unspecified atom stereocenters. The number of ether oxygens (including phenoxy) is 3. The van der Waals surface area contributed by atoms with E-state index in [-0.39, 0.29) is 12.0 Å². The van der Waals surface area contributed by atoms with E-state index in [1.54, 1.807) is 25.6 Å². The first kappa shape index (κ1) is 23.6. The van der Waals surface area contributed by atoms with Crippen molar-refractivity contribution in [3.63, 3.8) is 0 Å². The Balaban J connectivity index is 1.56. The van der Waals surface area contributed by atoms with Crippen LogP contribution in [0, 0.1) is 5.41 Å². The van der Waals surface area contributed by atoms with Crippen LogP contribution in [-0.2, 0) is 16.0 Å². The first-order valence-corrected chi connectivity index (χ1v) is 12.3. The molecule has 0 aliphatic carbocycles. The quantitative estimate of drug-likeness (QED) is 0.477. The third kappa shape index (κ3) is 5.17. The largest absolute Gasteiger partial charge is 0.497 e. The number of aromatic nitrogens is 2. The van der Waals surface area contributed by atoms with Gasteiger partial charge in [0.05, 0.1) is 26.0 Å².